The van der Waals surface area contributed by atoms with Crippen molar-refractivity contribution in [1.82, 2.24) is 9.97 Å². The van der Waals surface area contributed by atoms with E-state index in [0.717, 1.165) is 0 Å². The normalized spacial score (nSPS) is 19.0. The van der Waals surface area contributed by atoms with E-state index in [0.29, 0.717) is 25.9 Å². The maximum Gasteiger partial charge on any atom is 0.451 e. The molecular weight excluding hydrogens is 273 g/mol. The molecule has 1 aromatic rings. The number of aromatic nitrogens is 2. The van der Waals surface area contributed by atoms with Crippen LogP contribution in [0.3, 0.4) is 0 Å². The summed E-state index contributed by atoms with van der Waals surface area (Å²) in [5.74, 6) is -0.802. The molecule has 0 amide bonds. The zero-order valence-electron chi connectivity index (χ0n) is 11.3. The quantitative estimate of drug-likeness (QED) is 0.871. The van der Waals surface area contributed by atoms with E-state index in [1.165, 1.54) is 13.1 Å². The average molecular weight is 290 g/mol. The van der Waals surface area contributed by atoms with Crippen molar-refractivity contribution in [2.75, 3.05) is 30.4 Å². The summed E-state index contributed by atoms with van der Waals surface area (Å²) in [5, 5.41) is 12.5. The van der Waals surface area contributed by atoms with E-state index in [9.17, 15) is 18.3 Å². The molecule has 0 saturated carbocycles. The van der Waals surface area contributed by atoms with Gasteiger partial charge in [0, 0.05) is 26.2 Å². The lowest BCUT2D eigenvalue weighted by Gasteiger charge is -2.36. The van der Waals surface area contributed by atoms with Gasteiger partial charge < -0.3 is 15.3 Å². The first-order valence-electron chi connectivity index (χ1n) is 6.33. The molecule has 1 aliphatic heterocycles. The Balaban J connectivity index is 2.28. The van der Waals surface area contributed by atoms with Crippen molar-refractivity contribution < 1.29 is 18.3 Å². The standard InChI is InChI=1S/C12H17F3N4O/c1-11(20)3-5-19(6-4-11)9-7-8(16-2)17-10(18-9)12(13,14)15/h7,20H,3-6H2,1-2H3,(H,16,17,18). The Morgan fingerprint density at radius 1 is 1.30 bits per heavy atom. The van der Waals surface area contributed by atoms with Crippen LogP contribution in [-0.2, 0) is 6.18 Å². The van der Waals surface area contributed by atoms with E-state index >= 15 is 0 Å². The Labute approximate surface area is 114 Å². The smallest absolute Gasteiger partial charge is 0.390 e. The number of nitrogens with zero attached hydrogens (tertiary/aromatic N) is 3. The van der Waals surface area contributed by atoms with Crippen LogP contribution in [0.2, 0.25) is 0 Å². The predicted molar refractivity (Wildman–Crippen MR) is 68.7 cm³/mol. The second kappa shape index (κ2) is 5.08. The van der Waals surface area contributed by atoms with Crippen LogP contribution in [0.15, 0.2) is 6.07 Å². The molecule has 0 bridgehead atoms. The van der Waals surface area contributed by atoms with E-state index in [2.05, 4.69) is 15.3 Å². The van der Waals surface area contributed by atoms with Crippen LogP contribution in [0.4, 0.5) is 24.8 Å². The molecule has 0 aromatic carbocycles. The maximum atomic E-state index is 12.8. The first-order valence-corrected chi connectivity index (χ1v) is 6.33. The lowest BCUT2D eigenvalue weighted by atomic mass is 9.94. The third kappa shape index (κ3) is 3.30. The van der Waals surface area contributed by atoms with Gasteiger partial charge in [-0.3, -0.25) is 0 Å². The SMILES string of the molecule is CNc1cc(N2CCC(C)(O)CC2)nc(C(F)(F)F)n1. The van der Waals surface area contributed by atoms with Crippen molar-refractivity contribution in [3.63, 3.8) is 0 Å². The van der Waals surface area contributed by atoms with Crippen LogP contribution in [0.1, 0.15) is 25.6 Å². The zero-order valence-corrected chi connectivity index (χ0v) is 11.3. The number of halogens is 3. The summed E-state index contributed by atoms with van der Waals surface area (Å²) >= 11 is 0. The number of alkyl halides is 3. The van der Waals surface area contributed by atoms with Crippen molar-refractivity contribution in [3.8, 4) is 0 Å². The second-order valence-corrected chi connectivity index (χ2v) is 5.17. The van der Waals surface area contributed by atoms with Crippen molar-refractivity contribution in [1.29, 1.82) is 0 Å². The van der Waals surface area contributed by atoms with Crippen molar-refractivity contribution >= 4 is 11.6 Å². The number of rotatable bonds is 2. The van der Waals surface area contributed by atoms with Gasteiger partial charge in [-0.05, 0) is 19.8 Å². The molecule has 0 spiro atoms. The Morgan fingerprint density at radius 2 is 1.90 bits per heavy atom. The molecule has 1 aromatic heterocycles. The summed E-state index contributed by atoms with van der Waals surface area (Å²) < 4.78 is 38.3. The summed E-state index contributed by atoms with van der Waals surface area (Å²) in [5.41, 5.74) is -0.762. The van der Waals surface area contributed by atoms with E-state index < -0.39 is 17.6 Å². The summed E-state index contributed by atoms with van der Waals surface area (Å²) in [6.07, 6.45) is -3.59. The zero-order chi connectivity index (χ0) is 15.0. The first-order chi connectivity index (χ1) is 9.21. The molecule has 0 unspecified atom stereocenters. The van der Waals surface area contributed by atoms with E-state index in [-0.39, 0.29) is 11.6 Å². The highest BCUT2D eigenvalue weighted by molar-refractivity contribution is 5.49. The lowest BCUT2D eigenvalue weighted by Crippen LogP contribution is -2.43. The van der Waals surface area contributed by atoms with Gasteiger partial charge in [0.1, 0.15) is 11.6 Å². The van der Waals surface area contributed by atoms with Gasteiger partial charge in [-0.2, -0.15) is 13.2 Å². The molecule has 0 radical (unpaired) electrons. The highest BCUT2D eigenvalue weighted by Gasteiger charge is 2.36. The van der Waals surface area contributed by atoms with Gasteiger partial charge in [0.15, 0.2) is 0 Å². The molecule has 112 valence electrons. The van der Waals surface area contributed by atoms with E-state index in [4.69, 9.17) is 0 Å². The van der Waals surface area contributed by atoms with Gasteiger partial charge in [0.25, 0.3) is 0 Å². The Hall–Kier alpha value is -1.57. The maximum absolute atomic E-state index is 12.8. The van der Waals surface area contributed by atoms with E-state index in [1.54, 1.807) is 11.8 Å². The monoisotopic (exact) mass is 290 g/mol. The minimum atomic E-state index is -4.58. The number of anilines is 2. The molecule has 2 heterocycles. The van der Waals surface area contributed by atoms with Crippen molar-refractivity contribution in [3.05, 3.63) is 11.9 Å². The number of piperidine rings is 1. The summed E-state index contributed by atoms with van der Waals surface area (Å²) in [6, 6.07) is 1.48. The van der Waals surface area contributed by atoms with Crippen LogP contribution >= 0.6 is 0 Å². The Morgan fingerprint density at radius 3 is 2.40 bits per heavy atom. The fraction of sp³-hybridized carbons (Fsp3) is 0.667. The van der Waals surface area contributed by atoms with Crippen LogP contribution in [0.5, 0.6) is 0 Å². The second-order valence-electron chi connectivity index (χ2n) is 5.17. The average Bonchev–Trinajstić information content (AvgIpc) is 2.37. The highest BCUT2D eigenvalue weighted by atomic mass is 19.4. The van der Waals surface area contributed by atoms with Gasteiger partial charge in [-0.15, -0.1) is 0 Å². The van der Waals surface area contributed by atoms with Gasteiger partial charge in [0.2, 0.25) is 5.82 Å². The molecule has 2 N–H and O–H groups in total. The minimum Gasteiger partial charge on any atom is -0.390 e. The van der Waals surface area contributed by atoms with Crippen molar-refractivity contribution in [2.45, 2.75) is 31.5 Å². The van der Waals surface area contributed by atoms with Crippen molar-refractivity contribution in [2.24, 2.45) is 0 Å². The molecule has 1 aliphatic rings. The first kappa shape index (κ1) is 14.8. The van der Waals surface area contributed by atoms with Crippen LogP contribution in [0, 0.1) is 0 Å². The predicted octanol–water partition coefficient (Wildman–Crippen LogP) is 1.89. The van der Waals surface area contributed by atoms with Crippen LogP contribution in [0.25, 0.3) is 0 Å². The molecule has 20 heavy (non-hydrogen) atoms. The molecular formula is C12H17F3N4O. The van der Waals surface area contributed by atoms with E-state index in [1.807, 2.05) is 0 Å². The number of hydrogen-bond donors (Lipinski definition) is 2. The molecule has 5 nitrogen and oxygen atoms in total. The fourth-order valence-electron chi connectivity index (χ4n) is 2.07. The molecule has 8 heteroatoms. The fourth-order valence-corrected chi connectivity index (χ4v) is 2.07. The number of aliphatic hydroxyl groups is 1. The summed E-state index contributed by atoms with van der Waals surface area (Å²) in [7, 11) is 1.51. The Bertz CT molecular complexity index is 480. The van der Waals surface area contributed by atoms with Gasteiger partial charge >= 0.3 is 6.18 Å². The summed E-state index contributed by atoms with van der Waals surface area (Å²) in [4.78, 5) is 8.75. The number of hydrogen-bond acceptors (Lipinski definition) is 5. The third-order valence-electron chi connectivity index (χ3n) is 3.39. The Kier molecular flexibility index (Phi) is 3.77. The molecule has 2 rings (SSSR count). The number of nitrogens with one attached hydrogen (secondary N) is 1. The molecule has 0 aliphatic carbocycles. The van der Waals surface area contributed by atoms with Crippen LogP contribution in [-0.4, -0.2) is 40.8 Å². The van der Waals surface area contributed by atoms with Gasteiger partial charge in [-0.25, -0.2) is 9.97 Å². The highest BCUT2D eigenvalue weighted by Crippen LogP contribution is 2.31. The molecule has 1 fully saturated rings. The van der Waals surface area contributed by atoms with Crippen LogP contribution < -0.4 is 10.2 Å². The topological polar surface area (TPSA) is 61.3 Å². The minimum absolute atomic E-state index is 0.125. The lowest BCUT2D eigenvalue weighted by molar-refractivity contribution is -0.144. The van der Waals surface area contributed by atoms with Gasteiger partial charge in [-0.1, -0.05) is 0 Å². The third-order valence-corrected chi connectivity index (χ3v) is 3.39. The largest absolute Gasteiger partial charge is 0.451 e. The molecule has 1 saturated heterocycles. The molecule has 0 atom stereocenters. The summed E-state index contributed by atoms with van der Waals surface area (Å²) in [6.45, 7) is 2.65. The van der Waals surface area contributed by atoms with Gasteiger partial charge in [0.05, 0.1) is 5.60 Å².